The second-order valence-electron chi connectivity index (χ2n) is 6.06. The molecule has 0 fully saturated rings. The van der Waals surface area contributed by atoms with Gasteiger partial charge in [-0.3, -0.25) is 9.59 Å². The number of hydrazone groups is 1. The van der Waals surface area contributed by atoms with E-state index in [2.05, 4.69) is 31.8 Å². The summed E-state index contributed by atoms with van der Waals surface area (Å²) in [4.78, 5) is 24.0. The summed E-state index contributed by atoms with van der Waals surface area (Å²) >= 11 is 3.41. The number of benzene rings is 2. The maximum Gasteiger partial charge on any atom is 0.251 e. The topological polar surface area (TPSA) is 89.0 Å². The van der Waals surface area contributed by atoms with E-state index in [9.17, 15) is 9.59 Å². The van der Waals surface area contributed by atoms with Crippen LogP contribution in [-0.2, 0) is 4.79 Å². The molecule has 2 aromatic carbocycles. The summed E-state index contributed by atoms with van der Waals surface area (Å²) in [6.07, 6.45) is 2.53. The molecule has 0 saturated heterocycles. The maximum atomic E-state index is 12.0. The lowest BCUT2D eigenvalue weighted by Crippen LogP contribution is -2.29. The van der Waals surface area contributed by atoms with Gasteiger partial charge in [-0.2, -0.15) is 5.10 Å². The molecule has 0 saturated carbocycles. The molecule has 0 atom stereocenters. The van der Waals surface area contributed by atoms with Crippen molar-refractivity contribution in [1.29, 1.82) is 0 Å². The number of ether oxygens (including phenoxy) is 2. The third-order valence-electron chi connectivity index (χ3n) is 3.82. The van der Waals surface area contributed by atoms with Crippen molar-refractivity contribution in [2.24, 2.45) is 5.10 Å². The number of nitrogens with zero attached hydrogens (tertiary/aromatic N) is 1. The van der Waals surface area contributed by atoms with Crippen LogP contribution < -0.4 is 20.2 Å². The van der Waals surface area contributed by atoms with Gasteiger partial charge in [-0.25, -0.2) is 5.43 Å². The molecule has 2 N–H and O–H groups in total. The Bertz CT molecular complexity index is 854. The van der Waals surface area contributed by atoms with Crippen molar-refractivity contribution in [2.75, 3.05) is 20.3 Å². The van der Waals surface area contributed by atoms with E-state index in [1.54, 1.807) is 31.4 Å². The lowest BCUT2D eigenvalue weighted by molar-refractivity contribution is -0.120. The molecule has 0 aromatic heterocycles. The number of hydrogen-bond donors (Lipinski definition) is 2. The number of methoxy groups -OCH3 is 1. The first-order valence-corrected chi connectivity index (χ1v) is 9.99. The lowest BCUT2D eigenvalue weighted by Gasteiger charge is -2.08. The van der Waals surface area contributed by atoms with E-state index >= 15 is 0 Å². The van der Waals surface area contributed by atoms with Crippen molar-refractivity contribution in [3.63, 3.8) is 0 Å². The summed E-state index contributed by atoms with van der Waals surface area (Å²) in [5.74, 6) is 0.811. The maximum absolute atomic E-state index is 12.0. The van der Waals surface area contributed by atoms with Crippen molar-refractivity contribution < 1.29 is 19.1 Å². The van der Waals surface area contributed by atoms with Gasteiger partial charge in [0.1, 0.15) is 11.5 Å². The SMILES string of the molecule is CCCOc1ccc(Br)cc1C=NNC(=O)CCNC(=O)c1ccc(OC)cc1. The fraction of sp³-hybridized carbons (Fsp3) is 0.286. The van der Waals surface area contributed by atoms with Crippen LogP contribution in [0.2, 0.25) is 0 Å². The van der Waals surface area contributed by atoms with Crippen LogP contribution in [0.5, 0.6) is 11.5 Å². The van der Waals surface area contributed by atoms with E-state index in [-0.39, 0.29) is 24.8 Å². The van der Waals surface area contributed by atoms with Crippen LogP contribution in [0.4, 0.5) is 0 Å². The van der Waals surface area contributed by atoms with Crippen LogP contribution in [0, 0.1) is 0 Å². The van der Waals surface area contributed by atoms with Crippen molar-refractivity contribution in [3.8, 4) is 11.5 Å². The van der Waals surface area contributed by atoms with Crippen LogP contribution >= 0.6 is 15.9 Å². The van der Waals surface area contributed by atoms with Crippen molar-refractivity contribution in [3.05, 3.63) is 58.1 Å². The van der Waals surface area contributed by atoms with Crippen molar-refractivity contribution in [2.45, 2.75) is 19.8 Å². The van der Waals surface area contributed by atoms with Gasteiger partial charge < -0.3 is 14.8 Å². The highest BCUT2D eigenvalue weighted by Crippen LogP contribution is 2.22. The van der Waals surface area contributed by atoms with Gasteiger partial charge in [-0.05, 0) is 48.9 Å². The van der Waals surface area contributed by atoms with Crippen molar-refractivity contribution in [1.82, 2.24) is 10.7 Å². The third kappa shape index (κ3) is 7.57. The van der Waals surface area contributed by atoms with Crippen molar-refractivity contribution >= 4 is 34.0 Å². The fourth-order valence-electron chi connectivity index (χ4n) is 2.33. The van der Waals surface area contributed by atoms with Gasteiger partial charge in [0.25, 0.3) is 5.91 Å². The smallest absolute Gasteiger partial charge is 0.251 e. The summed E-state index contributed by atoms with van der Waals surface area (Å²) < 4.78 is 11.6. The second kappa shape index (κ2) is 11.9. The molecule has 154 valence electrons. The molecule has 0 radical (unpaired) electrons. The summed E-state index contributed by atoms with van der Waals surface area (Å²) in [5, 5.41) is 6.67. The predicted molar refractivity (Wildman–Crippen MR) is 116 cm³/mol. The molecule has 29 heavy (non-hydrogen) atoms. The van der Waals surface area contributed by atoms with E-state index in [0.717, 1.165) is 16.5 Å². The largest absolute Gasteiger partial charge is 0.497 e. The number of carbonyl (C=O) groups excluding carboxylic acids is 2. The zero-order valence-electron chi connectivity index (χ0n) is 16.4. The Hall–Kier alpha value is -2.87. The molecule has 0 aliphatic heterocycles. The zero-order valence-corrected chi connectivity index (χ0v) is 18.0. The van der Waals surface area contributed by atoms with Crippen LogP contribution in [0.1, 0.15) is 35.7 Å². The van der Waals surface area contributed by atoms with Gasteiger partial charge in [0.2, 0.25) is 5.91 Å². The summed E-state index contributed by atoms with van der Waals surface area (Å²) in [5.41, 5.74) is 3.70. The standard InChI is InChI=1S/C21H24BrN3O4/c1-3-12-29-19-9-6-17(22)13-16(19)14-24-25-20(26)10-11-23-21(27)15-4-7-18(28-2)8-5-15/h4-9,13-14H,3,10-12H2,1-2H3,(H,23,27)(H,25,26). The Morgan fingerprint density at radius 2 is 1.93 bits per heavy atom. The summed E-state index contributed by atoms with van der Waals surface area (Å²) in [6, 6.07) is 12.3. The zero-order chi connectivity index (χ0) is 21.1. The number of halogens is 1. The molecule has 0 aliphatic carbocycles. The molecule has 2 rings (SSSR count). The average Bonchev–Trinajstić information content (AvgIpc) is 2.73. The number of rotatable bonds is 10. The van der Waals surface area contributed by atoms with Crippen LogP contribution in [0.25, 0.3) is 0 Å². The summed E-state index contributed by atoms with van der Waals surface area (Å²) in [6.45, 7) is 2.83. The molecular formula is C21H24BrN3O4. The monoisotopic (exact) mass is 461 g/mol. The molecule has 2 amide bonds. The normalized spacial score (nSPS) is 10.6. The van der Waals surface area contributed by atoms with E-state index in [0.29, 0.717) is 23.7 Å². The third-order valence-corrected chi connectivity index (χ3v) is 4.31. The van der Waals surface area contributed by atoms with Crippen LogP contribution in [0.15, 0.2) is 52.0 Å². The molecular weight excluding hydrogens is 438 g/mol. The Balaban J connectivity index is 1.79. The van der Waals surface area contributed by atoms with Gasteiger partial charge in [0.15, 0.2) is 0 Å². The van der Waals surface area contributed by atoms with Gasteiger partial charge in [-0.15, -0.1) is 0 Å². The quantitative estimate of drug-likeness (QED) is 0.418. The number of amides is 2. The van der Waals surface area contributed by atoms with E-state index < -0.39 is 0 Å². The Morgan fingerprint density at radius 1 is 1.17 bits per heavy atom. The molecule has 0 bridgehead atoms. The first kappa shape index (κ1) is 22.4. The molecule has 0 unspecified atom stereocenters. The Kier molecular flexibility index (Phi) is 9.17. The predicted octanol–water partition coefficient (Wildman–Crippen LogP) is 3.52. The molecule has 7 nitrogen and oxygen atoms in total. The first-order valence-electron chi connectivity index (χ1n) is 9.20. The molecule has 0 heterocycles. The molecule has 2 aromatic rings. The van der Waals surface area contributed by atoms with Gasteiger partial charge in [0, 0.05) is 28.6 Å². The Labute approximate surface area is 178 Å². The lowest BCUT2D eigenvalue weighted by atomic mass is 10.2. The van der Waals surface area contributed by atoms with Crippen LogP contribution in [-0.4, -0.2) is 38.3 Å². The van der Waals surface area contributed by atoms with E-state index in [4.69, 9.17) is 9.47 Å². The van der Waals surface area contributed by atoms with Gasteiger partial charge in [-0.1, -0.05) is 22.9 Å². The Morgan fingerprint density at radius 3 is 2.62 bits per heavy atom. The highest BCUT2D eigenvalue weighted by atomic mass is 79.9. The van der Waals surface area contributed by atoms with Crippen LogP contribution in [0.3, 0.4) is 0 Å². The molecule has 0 aliphatic rings. The minimum absolute atomic E-state index is 0.108. The minimum atomic E-state index is -0.303. The van der Waals surface area contributed by atoms with E-state index in [1.165, 1.54) is 6.21 Å². The van der Waals surface area contributed by atoms with Gasteiger partial charge >= 0.3 is 0 Å². The highest BCUT2D eigenvalue weighted by molar-refractivity contribution is 9.10. The van der Waals surface area contributed by atoms with E-state index in [1.807, 2.05) is 25.1 Å². The fourth-order valence-corrected chi connectivity index (χ4v) is 2.71. The average molecular weight is 462 g/mol. The highest BCUT2D eigenvalue weighted by Gasteiger charge is 2.07. The second-order valence-corrected chi connectivity index (χ2v) is 6.97. The number of hydrogen-bond acceptors (Lipinski definition) is 5. The molecule has 0 spiro atoms. The number of nitrogens with one attached hydrogen (secondary N) is 2. The number of carbonyl (C=O) groups is 2. The first-order chi connectivity index (χ1) is 14.0. The van der Waals surface area contributed by atoms with Gasteiger partial charge in [0.05, 0.1) is 19.9 Å². The summed E-state index contributed by atoms with van der Waals surface area (Å²) in [7, 11) is 1.56. The molecule has 8 heteroatoms. The minimum Gasteiger partial charge on any atom is -0.497 e.